The Hall–Kier alpha value is -0.740. The van der Waals surface area contributed by atoms with Gasteiger partial charge in [0.2, 0.25) is 0 Å². The van der Waals surface area contributed by atoms with E-state index in [1.807, 2.05) is 0 Å². The Morgan fingerprint density at radius 1 is 1.19 bits per heavy atom. The summed E-state index contributed by atoms with van der Waals surface area (Å²) in [6.07, 6.45) is 2.75. The van der Waals surface area contributed by atoms with E-state index in [4.69, 9.17) is 9.47 Å². The predicted molar refractivity (Wildman–Crippen MR) is 56.9 cm³/mol. The van der Waals surface area contributed by atoms with E-state index in [1.165, 1.54) is 0 Å². The Bertz CT molecular complexity index is 275. The number of rotatable bonds is 3. The van der Waals surface area contributed by atoms with E-state index >= 15 is 0 Å². The van der Waals surface area contributed by atoms with Crippen molar-refractivity contribution in [2.75, 3.05) is 13.2 Å². The highest BCUT2D eigenvalue weighted by Gasteiger charge is 2.42. The van der Waals surface area contributed by atoms with Crippen LogP contribution in [0.4, 0.5) is 0 Å². The summed E-state index contributed by atoms with van der Waals surface area (Å²) in [5, 5.41) is 0. The summed E-state index contributed by atoms with van der Waals surface area (Å²) < 4.78 is 10.6. The van der Waals surface area contributed by atoms with Gasteiger partial charge in [-0.25, -0.2) is 0 Å². The topological polar surface area (TPSA) is 52.6 Å². The largest absolute Gasteiger partial charge is 0.350 e. The van der Waals surface area contributed by atoms with E-state index in [0.717, 1.165) is 0 Å². The van der Waals surface area contributed by atoms with Crippen LogP contribution in [0.5, 0.6) is 0 Å². The number of hydrogen-bond donors (Lipinski definition) is 0. The summed E-state index contributed by atoms with van der Waals surface area (Å²) in [6, 6.07) is 0. The van der Waals surface area contributed by atoms with Crippen molar-refractivity contribution in [3.05, 3.63) is 0 Å². The number of ketones is 2. The smallest absolute Gasteiger partial charge is 0.157 e. The molecular formula is C12H18O4. The highest BCUT2D eigenvalue weighted by atomic mass is 16.7. The van der Waals surface area contributed by atoms with Gasteiger partial charge >= 0.3 is 0 Å². The molecule has 1 saturated heterocycles. The first kappa shape index (κ1) is 11.7. The molecule has 2 rings (SSSR count). The fraction of sp³-hybridized carbons (Fsp3) is 0.833. The minimum atomic E-state index is -0.784. The van der Waals surface area contributed by atoms with Crippen LogP contribution in [0.1, 0.15) is 39.0 Å². The molecule has 0 N–H and O–H groups in total. The van der Waals surface area contributed by atoms with Gasteiger partial charge in [-0.1, -0.05) is 0 Å². The minimum Gasteiger partial charge on any atom is -0.350 e. The molecule has 2 fully saturated rings. The Morgan fingerprint density at radius 2 is 1.75 bits per heavy atom. The number of Topliss-reactive ketones (excluding diaryl/α,β-unsaturated/α-hetero) is 2. The molecule has 0 radical (unpaired) electrons. The third-order valence-electron chi connectivity index (χ3n) is 3.61. The highest BCUT2D eigenvalue weighted by molar-refractivity contribution is 6.08. The molecule has 1 saturated carbocycles. The summed E-state index contributed by atoms with van der Waals surface area (Å²) in [7, 11) is 0. The third kappa shape index (κ3) is 2.18. The van der Waals surface area contributed by atoms with Gasteiger partial charge in [-0.2, -0.15) is 0 Å². The molecule has 0 amide bonds. The van der Waals surface area contributed by atoms with E-state index in [2.05, 4.69) is 0 Å². The predicted octanol–water partition coefficient (Wildman–Crippen LogP) is 1.47. The van der Waals surface area contributed by atoms with Crippen molar-refractivity contribution < 1.29 is 19.1 Å². The summed E-state index contributed by atoms with van der Waals surface area (Å²) in [4.78, 5) is 23.7. The average Bonchev–Trinajstić information content (AvgIpc) is 2.76. The molecule has 0 bridgehead atoms. The number of carbonyl (C=O) groups excluding carboxylic acids is 2. The molecule has 0 aromatic heterocycles. The van der Waals surface area contributed by atoms with Gasteiger partial charge in [-0.3, -0.25) is 9.59 Å². The first-order valence-electron chi connectivity index (χ1n) is 5.93. The van der Waals surface area contributed by atoms with E-state index in [-0.39, 0.29) is 17.9 Å². The third-order valence-corrected chi connectivity index (χ3v) is 3.61. The molecule has 1 heterocycles. The SMILES string of the molecule is CC1(CCC2OCCO2)C(=O)CCCC1=O. The molecule has 16 heavy (non-hydrogen) atoms. The van der Waals surface area contributed by atoms with Crippen molar-refractivity contribution in [2.24, 2.45) is 5.41 Å². The second kappa shape index (κ2) is 4.63. The molecule has 0 aromatic carbocycles. The van der Waals surface area contributed by atoms with E-state index in [0.29, 0.717) is 45.3 Å². The molecule has 1 aliphatic carbocycles. The second-order valence-electron chi connectivity index (χ2n) is 4.74. The average molecular weight is 226 g/mol. The highest BCUT2D eigenvalue weighted by Crippen LogP contribution is 2.35. The van der Waals surface area contributed by atoms with E-state index < -0.39 is 5.41 Å². The van der Waals surface area contributed by atoms with Gasteiger partial charge in [-0.05, 0) is 26.2 Å². The normalized spacial score (nSPS) is 26.3. The molecule has 4 nitrogen and oxygen atoms in total. The molecular weight excluding hydrogens is 208 g/mol. The molecule has 0 aromatic rings. The zero-order valence-corrected chi connectivity index (χ0v) is 9.66. The molecule has 2 aliphatic rings. The lowest BCUT2D eigenvalue weighted by atomic mass is 9.70. The second-order valence-corrected chi connectivity index (χ2v) is 4.74. The fourth-order valence-electron chi connectivity index (χ4n) is 2.38. The Kier molecular flexibility index (Phi) is 3.40. The van der Waals surface area contributed by atoms with Gasteiger partial charge in [-0.15, -0.1) is 0 Å². The molecule has 0 unspecified atom stereocenters. The van der Waals surface area contributed by atoms with Crippen LogP contribution in [0.2, 0.25) is 0 Å². The first-order chi connectivity index (χ1) is 7.63. The van der Waals surface area contributed by atoms with Crippen molar-refractivity contribution in [3.8, 4) is 0 Å². The van der Waals surface area contributed by atoms with E-state index in [9.17, 15) is 9.59 Å². The van der Waals surface area contributed by atoms with Crippen LogP contribution in [0.25, 0.3) is 0 Å². The summed E-state index contributed by atoms with van der Waals surface area (Å²) in [5.74, 6) is 0.170. The standard InChI is InChI=1S/C12H18O4/c1-12(6-5-11-15-7-8-16-11)9(13)3-2-4-10(12)14/h11H,2-8H2,1H3. The minimum absolute atomic E-state index is 0.0850. The summed E-state index contributed by atoms with van der Waals surface area (Å²) >= 11 is 0. The van der Waals surface area contributed by atoms with Crippen molar-refractivity contribution in [1.29, 1.82) is 0 Å². The summed E-state index contributed by atoms with van der Waals surface area (Å²) in [6.45, 7) is 3.00. The molecule has 1 aliphatic heterocycles. The molecule has 4 heteroatoms. The zero-order chi connectivity index (χ0) is 11.6. The molecule has 0 spiro atoms. The van der Waals surface area contributed by atoms with Crippen molar-refractivity contribution >= 4 is 11.6 Å². The number of ether oxygens (including phenoxy) is 2. The monoisotopic (exact) mass is 226 g/mol. The van der Waals surface area contributed by atoms with Crippen LogP contribution in [0.3, 0.4) is 0 Å². The Morgan fingerprint density at radius 3 is 2.31 bits per heavy atom. The lowest BCUT2D eigenvalue weighted by molar-refractivity contribution is -0.144. The van der Waals surface area contributed by atoms with Crippen LogP contribution in [0.15, 0.2) is 0 Å². The quantitative estimate of drug-likeness (QED) is 0.684. The van der Waals surface area contributed by atoms with Crippen LogP contribution >= 0.6 is 0 Å². The van der Waals surface area contributed by atoms with Gasteiger partial charge in [0, 0.05) is 12.8 Å². The maximum atomic E-state index is 11.8. The lowest BCUT2D eigenvalue weighted by Gasteiger charge is -2.30. The Labute approximate surface area is 95.3 Å². The number of carbonyl (C=O) groups is 2. The zero-order valence-electron chi connectivity index (χ0n) is 9.66. The van der Waals surface area contributed by atoms with Crippen LogP contribution in [-0.2, 0) is 19.1 Å². The van der Waals surface area contributed by atoms with Gasteiger partial charge < -0.3 is 9.47 Å². The van der Waals surface area contributed by atoms with Gasteiger partial charge in [0.15, 0.2) is 6.29 Å². The molecule has 0 atom stereocenters. The van der Waals surface area contributed by atoms with Crippen LogP contribution in [-0.4, -0.2) is 31.1 Å². The van der Waals surface area contributed by atoms with E-state index in [1.54, 1.807) is 6.92 Å². The van der Waals surface area contributed by atoms with Gasteiger partial charge in [0.25, 0.3) is 0 Å². The van der Waals surface area contributed by atoms with Crippen LogP contribution in [0, 0.1) is 5.41 Å². The van der Waals surface area contributed by atoms with Gasteiger partial charge in [0.1, 0.15) is 11.6 Å². The van der Waals surface area contributed by atoms with Crippen molar-refractivity contribution in [1.82, 2.24) is 0 Å². The maximum absolute atomic E-state index is 11.8. The summed E-state index contributed by atoms with van der Waals surface area (Å²) in [5.41, 5.74) is -0.784. The maximum Gasteiger partial charge on any atom is 0.157 e. The Balaban J connectivity index is 1.94. The lowest BCUT2D eigenvalue weighted by Crippen LogP contribution is -2.40. The molecule has 90 valence electrons. The first-order valence-corrected chi connectivity index (χ1v) is 5.93. The van der Waals surface area contributed by atoms with Crippen LogP contribution < -0.4 is 0 Å². The number of hydrogen-bond acceptors (Lipinski definition) is 4. The van der Waals surface area contributed by atoms with Crippen molar-refractivity contribution in [3.63, 3.8) is 0 Å². The fourth-order valence-corrected chi connectivity index (χ4v) is 2.38. The van der Waals surface area contributed by atoms with Crippen molar-refractivity contribution in [2.45, 2.75) is 45.3 Å². The van der Waals surface area contributed by atoms with Gasteiger partial charge in [0.05, 0.1) is 18.6 Å².